The molecule has 1 aliphatic heterocycles. The highest BCUT2D eigenvalue weighted by Crippen LogP contribution is 2.37. The third kappa shape index (κ3) is 4.64. The highest BCUT2D eigenvalue weighted by atomic mass is 35.5. The molecule has 12 heteroatoms. The van der Waals surface area contributed by atoms with Gasteiger partial charge in [0.2, 0.25) is 5.13 Å². The van der Waals surface area contributed by atoms with Crippen molar-refractivity contribution >= 4 is 61.4 Å². The molecule has 1 N–H and O–H groups in total. The van der Waals surface area contributed by atoms with Crippen molar-refractivity contribution < 1.29 is 17.9 Å². The fourth-order valence-electron chi connectivity index (χ4n) is 2.93. The molecule has 0 saturated carbocycles. The number of carbonyl (C=O) groups excluding carboxylic acids is 1. The van der Waals surface area contributed by atoms with Crippen LogP contribution < -0.4 is 14.4 Å². The maximum absolute atomic E-state index is 13.3. The second kappa shape index (κ2) is 9.03. The van der Waals surface area contributed by atoms with Gasteiger partial charge in [-0.05, 0) is 42.2 Å². The number of para-hydroxylation sites is 2. The number of nitrogens with one attached hydrogen (secondary N) is 1. The van der Waals surface area contributed by atoms with Crippen molar-refractivity contribution in [1.82, 2.24) is 10.2 Å². The van der Waals surface area contributed by atoms with Gasteiger partial charge >= 0.3 is 0 Å². The number of hydrogen-bond acceptors (Lipinski definition) is 8. The van der Waals surface area contributed by atoms with E-state index >= 15 is 0 Å². The van der Waals surface area contributed by atoms with Crippen LogP contribution in [0.5, 0.6) is 5.75 Å². The highest BCUT2D eigenvalue weighted by Gasteiger charge is 2.37. The number of benzene rings is 2. The van der Waals surface area contributed by atoms with Crippen LogP contribution >= 0.6 is 34.7 Å². The number of sulfonamides is 1. The molecule has 0 saturated heterocycles. The first-order valence-electron chi connectivity index (χ1n) is 9.19. The van der Waals surface area contributed by atoms with E-state index in [1.165, 1.54) is 51.7 Å². The second-order valence-electron chi connectivity index (χ2n) is 6.36. The number of carbonyl (C=O) groups is 1. The summed E-state index contributed by atoms with van der Waals surface area (Å²) in [4.78, 5) is 12.9. The summed E-state index contributed by atoms with van der Waals surface area (Å²) in [7, 11) is -3.95. The first-order valence-corrected chi connectivity index (χ1v) is 12.8. The van der Waals surface area contributed by atoms with Gasteiger partial charge in [0.05, 0.1) is 17.1 Å². The van der Waals surface area contributed by atoms with Gasteiger partial charge in [-0.1, -0.05) is 53.8 Å². The minimum atomic E-state index is -3.95. The molecule has 1 aromatic heterocycles. The summed E-state index contributed by atoms with van der Waals surface area (Å²) in [5.41, 5.74) is 0.360. The van der Waals surface area contributed by atoms with Crippen LogP contribution in [0.3, 0.4) is 0 Å². The summed E-state index contributed by atoms with van der Waals surface area (Å²) in [6.45, 7) is 1.80. The zero-order chi connectivity index (χ0) is 22.0. The summed E-state index contributed by atoms with van der Waals surface area (Å²) in [6, 6.07) is 12.6. The van der Waals surface area contributed by atoms with Gasteiger partial charge in [-0.2, -0.15) is 0 Å². The Hall–Kier alpha value is -2.34. The molecule has 0 radical (unpaired) electrons. The number of anilines is 2. The molecule has 1 atom stereocenters. The van der Waals surface area contributed by atoms with Crippen LogP contribution in [0.1, 0.15) is 6.92 Å². The van der Waals surface area contributed by atoms with Gasteiger partial charge in [-0.15, -0.1) is 10.2 Å². The van der Waals surface area contributed by atoms with Crippen LogP contribution in [0.4, 0.5) is 10.8 Å². The smallest absolute Gasteiger partial charge is 0.269 e. The maximum Gasteiger partial charge on any atom is 0.269 e. The van der Waals surface area contributed by atoms with E-state index in [2.05, 4.69) is 15.5 Å². The number of fused-ring (bicyclic) bond motifs is 1. The standard InChI is InChI=1S/C19H17ClN4O4S3/c1-2-29-19-23-22-18(30-19)21-17(25)16-11-24(14-5-3-4-6-15(14)28-16)31(26,27)13-9-7-12(20)8-10-13/h3-10,16H,2,11H2,1H3,(H,21,22,25)/t16-/m0/s1. The van der Waals surface area contributed by atoms with E-state index in [4.69, 9.17) is 16.3 Å². The fraction of sp³-hybridized carbons (Fsp3) is 0.211. The average molecular weight is 497 g/mol. The molecule has 0 spiro atoms. The van der Waals surface area contributed by atoms with E-state index in [0.29, 0.717) is 21.6 Å². The van der Waals surface area contributed by atoms with Gasteiger partial charge in [0.25, 0.3) is 15.9 Å². The number of rotatable bonds is 6. The van der Waals surface area contributed by atoms with Crippen molar-refractivity contribution in [2.45, 2.75) is 22.3 Å². The Bertz CT molecular complexity index is 1200. The van der Waals surface area contributed by atoms with Crippen LogP contribution in [0.25, 0.3) is 0 Å². The SMILES string of the molecule is CCSc1nnc(NC(=O)[C@@H]2CN(S(=O)(=O)c3ccc(Cl)cc3)c3ccccc3O2)s1. The van der Waals surface area contributed by atoms with Crippen LogP contribution in [-0.2, 0) is 14.8 Å². The molecule has 162 valence electrons. The lowest BCUT2D eigenvalue weighted by Crippen LogP contribution is -2.48. The second-order valence-corrected chi connectivity index (χ2v) is 11.1. The number of aromatic nitrogens is 2. The zero-order valence-electron chi connectivity index (χ0n) is 16.2. The largest absolute Gasteiger partial charge is 0.476 e. The summed E-state index contributed by atoms with van der Waals surface area (Å²) in [5.74, 6) is 0.628. The molecule has 31 heavy (non-hydrogen) atoms. The predicted molar refractivity (Wildman–Crippen MR) is 122 cm³/mol. The molecular formula is C19H17ClN4O4S3. The molecule has 4 rings (SSSR count). The van der Waals surface area contributed by atoms with Crippen molar-refractivity contribution in [3.8, 4) is 5.75 Å². The Morgan fingerprint density at radius 2 is 2.00 bits per heavy atom. The molecule has 0 bridgehead atoms. The molecule has 8 nitrogen and oxygen atoms in total. The van der Waals surface area contributed by atoms with E-state index in [1.807, 2.05) is 6.92 Å². The van der Waals surface area contributed by atoms with Crippen LogP contribution in [0.15, 0.2) is 57.8 Å². The minimum absolute atomic E-state index is 0.0677. The van der Waals surface area contributed by atoms with E-state index in [9.17, 15) is 13.2 Å². The fourth-order valence-corrected chi connectivity index (χ4v) is 6.18. The number of hydrogen-bond donors (Lipinski definition) is 1. The van der Waals surface area contributed by atoms with Gasteiger partial charge in [0.15, 0.2) is 10.4 Å². The minimum Gasteiger partial charge on any atom is -0.476 e. The number of ether oxygens (including phenoxy) is 1. The summed E-state index contributed by atoms with van der Waals surface area (Å²) < 4.78 is 34.4. The quantitative estimate of drug-likeness (QED) is 0.408. The molecule has 2 heterocycles. The molecule has 0 fully saturated rings. The van der Waals surface area contributed by atoms with Crippen LogP contribution in [0.2, 0.25) is 5.02 Å². The van der Waals surface area contributed by atoms with Crippen molar-refractivity contribution in [2.75, 3.05) is 21.9 Å². The topological polar surface area (TPSA) is 101 Å². The van der Waals surface area contributed by atoms with Crippen molar-refractivity contribution in [3.05, 3.63) is 53.6 Å². The molecule has 0 unspecified atom stereocenters. The number of amides is 1. The van der Waals surface area contributed by atoms with E-state index in [1.54, 1.807) is 24.3 Å². The molecule has 2 aromatic carbocycles. The van der Waals surface area contributed by atoms with Crippen molar-refractivity contribution in [2.24, 2.45) is 0 Å². The molecule has 1 aliphatic rings. The van der Waals surface area contributed by atoms with E-state index < -0.39 is 22.0 Å². The first kappa shape index (κ1) is 21.9. The van der Waals surface area contributed by atoms with Gasteiger partial charge in [-0.25, -0.2) is 8.42 Å². The average Bonchev–Trinajstić information content (AvgIpc) is 3.20. The Morgan fingerprint density at radius 3 is 2.74 bits per heavy atom. The third-order valence-electron chi connectivity index (χ3n) is 4.33. The highest BCUT2D eigenvalue weighted by molar-refractivity contribution is 8.01. The van der Waals surface area contributed by atoms with Crippen LogP contribution in [-0.4, -0.2) is 42.9 Å². The summed E-state index contributed by atoms with van der Waals surface area (Å²) in [5, 5.41) is 11.4. The zero-order valence-corrected chi connectivity index (χ0v) is 19.4. The Morgan fingerprint density at radius 1 is 1.26 bits per heavy atom. The van der Waals surface area contributed by atoms with Crippen molar-refractivity contribution in [1.29, 1.82) is 0 Å². The Kier molecular flexibility index (Phi) is 6.37. The Labute approximate surface area is 192 Å². The monoisotopic (exact) mass is 496 g/mol. The molecule has 3 aromatic rings. The lowest BCUT2D eigenvalue weighted by Gasteiger charge is -2.34. The summed E-state index contributed by atoms with van der Waals surface area (Å²) >= 11 is 8.66. The number of halogens is 1. The normalized spacial score (nSPS) is 15.8. The third-order valence-corrected chi connectivity index (χ3v) is 8.23. The maximum atomic E-state index is 13.3. The molecule has 1 amide bonds. The van der Waals surface area contributed by atoms with Gasteiger partial charge < -0.3 is 4.74 Å². The Balaban J connectivity index is 1.62. The summed E-state index contributed by atoms with van der Waals surface area (Å²) in [6.07, 6.45) is -1.07. The number of nitrogens with zero attached hydrogens (tertiary/aromatic N) is 3. The molecule has 0 aliphatic carbocycles. The first-order chi connectivity index (χ1) is 14.9. The van der Waals surface area contributed by atoms with Gasteiger partial charge in [0, 0.05) is 5.02 Å². The van der Waals surface area contributed by atoms with E-state index in [0.717, 1.165) is 10.1 Å². The predicted octanol–water partition coefficient (Wildman–Crippen LogP) is 3.90. The van der Waals surface area contributed by atoms with Crippen molar-refractivity contribution in [3.63, 3.8) is 0 Å². The lowest BCUT2D eigenvalue weighted by atomic mass is 10.2. The van der Waals surface area contributed by atoms with Gasteiger partial charge in [-0.3, -0.25) is 14.4 Å². The lowest BCUT2D eigenvalue weighted by molar-refractivity contribution is -0.122. The van der Waals surface area contributed by atoms with Crippen LogP contribution in [0, 0.1) is 0 Å². The van der Waals surface area contributed by atoms with Gasteiger partial charge in [0.1, 0.15) is 5.75 Å². The molecular weight excluding hydrogens is 480 g/mol. The number of thioether (sulfide) groups is 1. The van der Waals surface area contributed by atoms with E-state index in [-0.39, 0.29) is 11.4 Å².